The van der Waals surface area contributed by atoms with Gasteiger partial charge in [-0.3, -0.25) is 9.59 Å². The van der Waals surface area contributed by atoms with Gasteiger partial charge >= 0.3 is 0 Å². The molecule has 0 unspecified atom stereocenters. The van der Waals surface area contributed by atoms with Crippen LogP contribution in [-0.2, 0) is 9.59 Å². The van der Waals surface area contributed by atoms with E-state index in [0.29, 0.717) is 20.7 Å². The zero-order chi connectivity index (χ0) is 17.0. The molecule has 0 N–H and O–H groups in total. The minimum atomic E-state index is -0.695. The highest BCUT2D eigenvalue weighted by molar-refractivity contribution is 7.15. The smallest absolute Gasteiger partial charge is 0.152 e. The lowest BCUT2D eigenvalue weighted by Gasteiger charge is -2.24. The van der Waals surface area contributed by atoms with Crippen LogP contribution in [0.2, 0.25) is 10.0 Å². The fraction of sp³-hybridized carbons (Fsp3) is 0.389. The second kappa shape index (κ2) is 5.94. The van der Waals surface area contributed by atoms with Crippen LogP contribution in [0, 0.1) is 18.8 Å². The van der Waals surface area contributed by atoms with Crippen molar-refractivity contribution in [3.63, 3.8) is 0 Å². The Kier molecular flexibility index (Phi) is 4.02. The Hall–Kier alpha value is -1.23. The van der Waals surface area contributed by atoms with Crippen LogP contribution in [0.15, 0.2) is 18.2 Å². The molecule has 2 atom stereocenters. The van der Waals surface area contributed by atoms with Crippen molar-refractivity contribution in [2.45, 2.75) is 32.1 Å². The lowest BCUT2D eigenvalue weighted by Crippen LogP contribution is -2.35. The summed E-state index contributed by atoms with van der Waals surface area (Å²) < 4.78 is 0. The molecular formula is C18H15Cl2NO2S. The van der Waals surface area contributed by atoms with Crippen LogP contribution in [0.4, 0.5) is 0 Å². The number of hydrogen-bond acceptors (Lipinski definition) is 4. The normalized spacial score (nSPS) is 26.2. The minimum absolute atomic E-state index is 0.0250. The summed E-state index contributed by atoms with van der Waals surface area (Å²) in [5, 5.41) is 1.83. The second-order valence-electron chi connectivity index (χ2n) is 6.53. The van der Waals surface area contributed by atoms with Gasteiger partial charge in [-0.25, -0.2) is 4.98 Å². The first-order valence-electron chi connectivity index (χ1n) is 7.96. The molecule has 0 radical (unpaired) electrons. The van der Waals surface area contributed by atoms with Gasteiger partial charge in [0.15, 0.2) is 11.6 Å². The molecule has 1 heterocycles. The van der Waals surface area contributed by atoms with Crippen LogP contribution >= 0.6 is 34.5 Å². The average Bonchev–Trinajstić information content (AvgIpc) is 3.15. The number of carbonyl (C=O) groups excluding carboxylic acids is 2. The lowest BCUT2D eigenvalue weighted by molar-refractivity contribution is -0.136. The molecule has 2 bridgehead atoms. The van der Waals surface area contributed by atoms with Crippen molar-refractivity contribution in [1.29, 1.82) is 0 Å². The van der Waals surface area contributed by atoms with Crippen molar-refractivity contribution in [2.75, 3.05) is 0 Å². The van der Waals surface area contributed by atoms with Gasteiger partial charge in [-0.2, -0.15) is 0 Å². The van der Waals surface area contributed by atoms with Crippen molar-refractivity contribution < 1.29 is 9.59 Å². The van der Waals surface area contributed by atoms with Gasteiger partial charge in [-0.15, -0.1) is 11.3 Å². The van der Waals surface area contributed by atoms with E-state index in [1.165, 1.54) is 11.3 Å². The van der Waals surface area contributed by atoms with Gasteiger partial charge in [0.2, 0.25) is 0 Å². The first kappa shape index (κ1) is 16.2. The molecule has 2 aliphatic rings. The van der Waals surface area contributed by atoms with Gasteiger partial charge in [0.1, 0.15) is 10.9 Å². The van der Waals surface area contributed by atoms with E-state index in [1.54, 1.807) is 18.2 Å². The Morgan fingerprint density at radius 1 is 1.12 bits per heavy atom. The number of aromatic nitrogens is 1. The third-order valence-electron chi connectivity index (χ3n) is 5.07. The maximum absolute atomic E-state index is 12.7. The monoisotopic (exact) mass is 379 g/mol. The number of Topliss-reactive ketones (excluding diaryl/α,β-unsaturated/α-hetero) is 2. The summed E-state index contributed by atoms with van der Waals surface area (Å²) in [6.07, 6.45) is 2.40. The summed E-state index contributed by atoms with van der Waals surface area (Å²) in [7, 11) is 0. The Balaban J connectivity index is 1.78. The number of benzene rings is 1. The van der Waals surface area contributed by atoms with E-state index in [9.17, 15) is 9.59 Å². The first-order chi connectivity index (χ1) is 11.5. The summed E-state index contributed by atoms with van der Waals surface area (Å²) in [6, 6.07) is 5.22. The number of carbonyl (C=O) groups is 2. The standard InChI is InChI=1S/C18H15Cl2NO2S/c1-8-15(14-16(22)9-2-3-10(6-9)17(14)23)21-18(24-8)12-7-11(19)4-5-13(12)20/h4-5,7,9-10,14H,2-3,6H2,1H3/t9-,10-/m0/s1. The zero-order valence-electron chi connectivity index (χ0n) is 13.0. The van der Waals surface area contributed by atoms with Crippen LogP contribution in [0.25, 0.3) is 10.6 Å². The molecule has 3 nitrogen and oxygen atoms in total. The highest BCUT2D eigenvalue weighted by Crippen LogP contribution is 2.45. The minimum Gasteiger partial charge on any atom is -0.298 e. The van der Waals surface area contributed by atoms with Gasteiger partial charge in [-0.05, 0) is 44.4 Å². The number of halogens is 2. The van der Waals surface area contributed by atoms with E-state index in [0.717, 1.165) is 29.7 Å². The highest BCUT2D eigenvalue weighted by Gasteiger charge is 2.48. The molecule has 2 aliphatic carbocycles. The molecule has 1 aromatic carbocycles. The van der Waals surface area contributed by atoms with Crippen molar-refractivity contribution >= 4 is 46.1 Å². The van der Waals surface area contributed by atoms with Crippen LogP contribution in [0.3, 0.4) is 0 Å². The molecule has 2 fully saturated rings. The maximum atomic E-state index is 12.7. The van der Waals surface area contributed by atoms with E-state index in [2.05, 4.69) is 4.98 Å². The fourth-order valence-corrected chi connectivity index (χ4v) is 5.25. The number of rotatable bonds is 2. The van der Waals surface area contributed by atoms with E-state index < -0.39 is 5.92 Å². The SMILES string of the molecule is Cc1sc(-c2cc(Cl)ccc2Cl)nc1C1C(=O)[C@H]2CC[C@@H](C2)C1=O. The molecule has 124 valence electrons. The Labute approximate surface area is 154 Å². The van der Waals surface area contributed by atoms with E-state index >= 15 is 0 Å². The molecular weight excluding hydrogens is 365 g/mol. The summed E-state index contributed by atoms with van der Waals surface area (Å²) >= 11 is 13.8. The number of aryl methyl sites for hydroxylation is 1. The summed E-state index contributed by atoms with van der Waals surface area (Å²) in [5.41, 5.74) is 1.35. The quantitative estimate of drug-likeness (QED) is 0.683. The number of hydrogen-bond donors (Lipinski definition) is 0. The Bertz CT molecular complexity index is 839. The van der Waals surface area contributed by atoms with E-state index in [1.807, 2.05) is 6.92 Å². The first-order valence-corrected chi connectivity index (χ1v) is 9.53. The number of fused-ring (bicyclic) bond motifs is 2. The third-order valence-corrected chi connectivity index (χ3v) is 6.66. The van der Waals surface area contributed by atoms with Crippen molar-refractivity contribution in [2.24, 2.45) is 11.8 Å². The topological polar surface area (TPSA) is 47.0 Å². The van der Waals surface area contributed by atoms with Gasteiger partial charge in [0.05, 0.1) is 10.7 Å². The second-order valence-corrected chi connectivity index (χ2v) is 8.58. The molecule has 0 saturated heterocycles. The Morgan fingerprint density at radius 3 is 2.46 bits per heavy atom. The molecule has 0 spiro atoms. The maximum Gasteiger partial charge on any atom is 0.152 e. The van der Waals surface area contributed by atoms with Gasteiger partial charge in [0.25, 0.3) is 0 Å². The predicted octanol–water partition coefficient (Wildman–Crippen LogP) is 5.08. The molecule has 1 aromatic heterocycles. The van der Waals surface area contributed by atoms with E-state index in [-0.39, 0.29) is 23.4 Å². The third kappa shape index (κ3) is 2.52. The fourth-order valence-electron chi connectivity index (χ4n) is 3.83. The number of ketones is 2. The Morgan fingerprint density at radius 2 is 1.79 bits per heavy atom. The summed E-state index contributed by atoms with van der Waals surface area (Å²) in [4.78, 5) is 31.0. The molecule has 6 heteroatoms. The van der Waals surface area contributed by atoms with Crippen molar-refractivity contribution in [1.82, 2.24) is 4.98 Å². The van der Waals surface area contributed by atoms with Crippen LogP contribution in [0.1, 0.15) is 35.8 Å². The van der Waals surface area contributed by atoms with Crippen LogP contribution < -0.4 is 0 Å². The molecule has 24 heavy (non-hydrogen) atoms. The molecule has 0 aliphatic heterocycles. The molecule has 2 aromatic rings. The van der Waals surface area contributed by atoms with Crippen molar-refractivity contribution in [3.05, 3.63) is 38.8 Å². The summed E-state index contributed by atoms with van der Waals surface area (Å²) in [6.45, 7) is 1.91. The van der Waals surface area contributed by atoms with Crippen molar-refractivity contribution in [3.8, 4) is 10.6 Å². The number of thiazole rings is 1. The predicted molar refractivity (Wildman–Crippen MR) is 95.9 cm³/mol. The van der Waals surface area contributed by atoms with Gasteiger partial charge < -0.3 is 0 Å². The lowest BCUT2D eigenvalue weighted by atomic mass is 9.77. The largest absolute Gasteiger partial charge is 0.298 e. The van der Waals surface area contributed by atoms with Gasteiger partial charge in [-0.1, -0.05) is 23.2 Å². The molecule has 4 rings (SSSR count). The molecule has 0 amide bonds. The van der Waals surface area contributed by atoms with Crippen LogP contribution in [-0.4, -0.2) is 16.6 Å². The van der Waals surface area contributed by atoms with E-state index in [4.69, 9.17) is 23.2 Å². The van der Waals surface area contributed by atoms with Crippen LogP contribution in [0.5, 0.6) is 0 Å². The average molecular weight is 380 g/mol. The molecule has 2 saturated carbocycles. The summed E-state index contributed by atoms with van der Waals surface area (Å²) in [5.74, 6) is -0.551. The van der Waals surface area contributed by atoms with Gasteiger partial charge in [0, 0.05) is 27.3 Å². The highest BCUT2D eigenvalue weighted by atomic mass is 35.5. The zero-order valence-corrected chi connectivity index (χ0v) is 15.3. The number of nitrogens with zero attached hydrogens (tertiary/aromatic N) is 1.